The molecule has 1 aromatic carbocycles. The lowest BCUT2D eigenvalue weighted by molar-refractivity contribution is 0.0894. The van der Waals surface area contributed by atoms with E-state index in [9.17, 15) is 9.18 Å². The van der Waals surface area contributed by atoms with E-state index in [1.807, 2.05) is 6.92 Å². The van der Waals surface area contributed by atoms with Gasteiger partial charge in [0.15, 0.2) is 0 Å². The molecule has 0 radical (unpaired) electrons. The summed E-state index contributed by atoms with van der Waals surface area (Å²) in [5.41, 5.74) is 0.306. The van der Waals surface area contributed by atoms with E-state index in [0.717, 1.165) is 6.42 Å². The number of amides is 1. The maximum atomic E-state index is 13.3. The van der Waals surface area contributed by atoms with Crippen molar-refractivity contribution in [3.8, 4) is 0 Å². The summed E-state index contributed by atoms with van der Waals surface area (Å²) in [6.45, 7) is 2.40. The first-order chi connectivity index (χ1) is 8.08. The van der Waals surface area contributed by atoms with Gasteiger partial charge in [-0.2, -0.15) is 0 Å². The molecule has 0 fully saturated rings. The van der Waals surface area contributed by atoms with Crippen LogP contribution >= 0.6 is 15.9 Å². The van der Waals surface area contributed by atoms with Gasteiger partial charge in [0.05, 0.1) is 17.1 Å². The summed E-state index contributed by atoms with van der Waals surface area (Å²) in [6.07, 6.45) is 0.762. The Hall–Kier alpha value is -0.940. The Morgan fingerprint density at radius 2 is 2.29 bits per heavy atom. The molecule has 1 amide bonds. The van der Waals surface area contributed by atoms with Gasteiger partial charge in [0.25, 0.3) is 5.91 Å². The van der Waals surface area contributed by atoms with Crippen molar-refractivity contribution in [1.82, 2.24) is 5.32 Å². The number of halogens is 2. The maximum absolute atomic E-state index is 13.3. The number of carbonyl (C=O) groups is 1. The zero-order valence-electron chi connectivity index (χ0n) is 9.80. The van der Waals surface area contributed by atoms with Crippen LogP contribution in [0.15, 0.2) is 22.7 Å². The number of carbonyl (C=O) groups excluding carboxylic acids is 1. The van der Waals surface area contributed by atoms with Crippen molar-refractivity contribution >= 4 is 21.8 Å². The highest BCUT2D eigenvalue weighted by molar-refractivity contribution is 9.10. The number of benzene rings is 1. The van der Waals surface area contributed by atoms with Crippen LogP contribution in [0.1, 0.15) is 23.7 Å². The fraction of sp³-hybridized carbons (Fsp3) is 0.417. The van der Waals surface area contributed by atoms with Gasteiger partial charge in [0, 0.05) is 12.7 Å². The smallest absolute Gasteiger partial charge is 0.251 e. The summed E-state index contributed by atoms with van der Waals surface area (Å²) in [4.78, 5) is 11.8. The topological polar surface area (TPSA) is 38.3 Å². The van der Waals surface area contributed by atoms with Crippen molar-refractivity contribution in [2.24, 2.45) is 0 Å². The van der Waals surface area contributed by atoms with Crippen molar-refractivity contribution in [3.05, 3.63) is 34.1 Å². The molecular weight excluding hydrogens is 289 g/mol. The average Bonchev–Trinajstić information content (AvgIpc) is 2.31. The molecule has 1 unspecified atom stereocenters. The zero-order valence-corrected chi connectivity index (χ0v) is 11.4. The minimum atomic E-state index is -0.447. The molecular formula is C12H15BrFNO2. The van der Waals surface area contributed by atoms with E-state index in [-0.39, 0.29) is 11.9 Å². The van der Waals surface area contributed by atoms with Crippen LogP contribution in [-0.4, -0.2) is 25.7 Å². The number of hydrogen-bond donors (Lipinski definition) is 1. The molecule has 0 aliphatic rings. The number of nitrogens with one attached hydrogen (secondary N) is 1. The summed E-state index contributed by atoms with van der Waals surface area (Å²) in [6, 6.07) is 4.24. The second kappa shape index (κ2) is 6.71. The third-order valence-electron chi connectivity index (χ3n) is 2.38. The van der Waals surface area contributed by atoms with Gasteiger partial charge in [-0.25, -0.2) is 4.39 Å². The minimum Gasteiger partial charge on any atom is -0.383 e. The highest BCUT2D eigenvalue weighted by Crippen LogP contribution is 2.16. The van der Waals surface area contributed by atoms with Gasteiger partial charge < -0.3 is 10.1 Å². The van der Waals surface area contributed by atoms with Gasteiger partial charge in [0.1, 0.15) is 5.82 Å². The van der Waals surface area contributed by atoms with Crippen LogP contribution in [0.4, 0.5) is 4.39 Å². The summed E-state index contributed by atoms with van der Waals surface area (Å²) in [7, 11) is 1.58. The van der Waals surface area contributed by atoms with Crippen molar-refractivity contribution in [2.75, 3.05) is 13.7 Å². The SMILES string of the molecule is CCC(COC)NC(=O)c1ccc(Br)c(F)c1. The standard InChI is InChI=1S/C12H15BrFNO2/c1-3-9(7-17-2)15-12(16)8-4-5-10(13)11(14)6-8/h4-6,9H,3,7H2,1-2H3,(H,15,16). The van der Waals surface area contributed by atoms with Crippen LogP contribution in [-0.2, 0) is 4.74 Å². The van der Waals surface area contributed by atoms with Crippen molar-refractivity contribution in [1.29, 1.82) is 0 Å². The second-order valence-electron chi connectivity index (χ2n) is 3.66. The second-order valence-corrected chi connectivity index (χ2v) is 4.52. The highest BCUT2D eigenvalue weighted by atomic mass is 79.9. The van der Waals surface area contributed by atoms with Crippen molar-refractivity contribution in [3.63, 3.8) is 0 Å². The fourth-order valence-corrected chi connectivity index (χ4v) is 1.62. The molecule has 1 atom stereocenters. The Balaban J connectivity index is 2.72. The Bertz CT molecular complexity index is 398. The van der Waals surface area contributed by atoms with Gasteiger partial charge in [-0.05, 0) is 40.5 Å². The van der Waals surface area contributed by atoms with E-state index >= 15 is 0 Å². The molecule has 1 rings (SSSR count). The lowest BCUT2D eigenvalue weighted by Gasteiger charge is -2.15. The molecule has 94 valence electrons. The van der Waals surface area contributed by atoms with Crippen LogP contribution in [0.3, 0.4) is 0 Å². The van der Waals surface area contributed by atoms with E-state index in [0.29, 0.717) is 16.6 Å². The first kappa shape index (κ1) is 14.1. The molecule has 0 saturated heterocycles. The summed E-state index contributed by atoms with van der Waals surface area (Å²) in [5.74, 6) is -0.738. The summed E-state index contributed by atoms with van der Waals surface area (Å²) >= 11 is 3.04. The predicted molar refractivity (Wildman–Crippen MR) is 67.5 cm³/mol. The lowest BCUT2D eigenvalue weighted by atomic mass is 10.1. The molecule has 0 aromatic heterocycles. The van der Waals surface area contributed by atoms with Crippen LogP contribution in [0.5, 0.6) is 0 Å². The molecule has 0 spiro atoms. The van der Waals surface area contributed by atoms with E-state index < -0.39 is 5.82 Å². The predicted octanol–water partition coefficient (Wildman–Crippen LogP) is 2.74. The first-order valence-electron chi connectivity index (χ1n) is 5.33. The monoisotopic (exact) mass is 303 g/mol. The molecule has 0 bridgehead atoms. The molecule has 0 heterocycles. The van der Waals surface area contributed by atoms with E-state index in [2.05, 4.69) is 21.2 Å². The van der Waals surface area contributed by atoms with Gasteiger partial charge in [-0.1, -0.05) is 6.92 Å². The van der Waals surface area contributed by atoms with Crippen molar-refractivity contribution < 1.29 is 13.9 Å². The Morgan fingerprint density at radius 3 is 2.82 bits per heavy atom. The van der Waals surface area contributed by atoms with Crippen LogP contribution < -0.4 is 5.32 Å². The van der Waals surface area contributed by atoms with Gasteiger partial charge in [-0.15, -0.1) is 0 Å². The van der Waals surface area contributed by atoms with E-state index in [1.165, 1.54) is 12.1 Å². The number of hydrogen-bond acceptors (Lipinski definition) is 2. The molecule has 0 aliphatic heterocycles. The van der Waals surface area contributed by atoms with E-state index in [1.54, 1.807) is 13.2 Å². The van der Waals surface area contributed by atoms with Gasteiger partial charge >= 0.3 is 0 Å². The van der Waals surface area contributed by atoms with E-state index in [4.69, 9.17) is 4.74 Å². The molecule has 1 N–H and O–H groups in total. The number of ether oxygens (including phenoxy) is 1. The normalized spacial score (nSPS) is 12.2. The molecule has 0 saturated carbocycles. The van der Waals surface area contributed by atoms with Crippen LogP contribution in [0.25, 0.3) is 0 Å². The fourth-order valence-electron chi connectivity index (χ4n) is 1.37. The van der Waals surface area contributed by atoms with Crippen molar-refractivity contribution in [2.45, 2.75) is 19.4 Å². The number of rotatable bonds is 5. The zero-order chi connectivity index (χ0) is 12.8. The molecule has 0 aliphatic carbocycles. The molecule has 5 heteroatoms. The molecule has 17 heavy (non-hydrogen) atoms. The highest BCUT2D eigenvalue weighted by Gasteiger charge is 2.13. The quantitative estimate of drug-likeness (QED) is 0.908. The lowest BCUT2D eigenvalue weighted by Crippen LogP contribution is -2.37. The van der Waals surface area contributed by atoms with Gasteiger partial charge in [-0.3, -0.25) is 4.79 Å². The first-order valence-corrected chi connectivity index (χ1v) is 6.12. The summed E-state index contributed by atoms with van der Waals surface area (Å²) < 4.78 is 18.6. The Kier molecular flexibility index (Phi) is 5.58. The van der Waals surface area contributed by atoms with Crippen LogP contribution in [0.2, 0.25) is 0 Å². The van der Waals surface area contributed by atoms with Gasteiger partial charge in [0.2, 0.25) is 0 Å². The summed E-state index contributed by atoms with van der Waals surface area (Å²) in [5, 5.41) is 2.78. The number of methoxy groups -OCH3 is 1. The largest absolute Gasteiger partial charge is 0.383 e. The third-order valence-corrected chi connectivity index (χ3v) is 3.02. The van der Waals surface area contributed by atoms with Crippen LogP contribution in [0, 0.1) is 5.82 Å². The third kappa shape index (κ3) is 4.09. The molecule has 3 nitrogen and oxygen atoms in total. The average molecular weight is 304 g/mol. The Morgan fingerprint density at radius 1 is 1.59 bits per heavy atom. The Labute approximate surface area is 108 Å². The molecule has 1 aromatic rings. The minimum absolute atomic E-state index is 0.0563. The maximum Gasteiger partial charge on any atom is 0.251 e.